The summed E-state index contributed by atoms with van der Waals surface area (Å²) < 4.78 is 14.2. The zero-order valence-corrected chi connectivity index (χ0v) is 10.8. The van der Waals surface area contributed by atoms with E-state index in [-0.39, 0.29) is 24.4 Å². The molecule has 1 unspecified atom stereocenters. The van der Waals surface area contributed by atoms with Gasteiger partial charge in [0, 0.05) is 10.1 Å². The van der Waals surface area contributed by atoms with E-state index in [9.17, 15) is 9.18 Å². The van der Waals surface area contributed by atoms with Crippen LogP contribution in [0.3, 0.4) is 0 Å². The summed E-state index contributed by atoms with van der Waals surface area (Å²) in [6.07, 6.45) is 0.654. The topological polar surface area (TPSA) is 49.3 Å². The second kappa shape index (κ2) is 5.46. The first-order valence-electron chi connectivity index (χ1n) is 5.75. The third kappa shape index (κ3) is 2.52. The normalized spacial score (nSPS) is 12.6. The number of benzene rings is 1. The van der Waals surface area contributed by atoms with Gasteiger partial charge in [-0.15, -0.1) is 11.3 Å². The standard InChI is InChI=1S/C13H14FNO2S/c1-2-8(7-16)15-13(17)12-6-9-10(14)4-3-5-11(9)18-12/h3-6,8,16H,2,7H2,1H3,(H,15,17). The van der Waals surface area contributed by atoms with E-state index in [1.54, 1.807) is 18.2 Å². The van der Waals surface area contributed by atoms with Gasteiger partial charge in [-0.2, -0.15) is 0 Å². The highest BCUT2D eigenvalue weighted by atomic mass is 32.1. The van der Waals surface area contributed by atoms with Crippen molar-refractivity contribution in [2.24, 2.45) is 0 Å². The largest absolute Gasteiger partial charge is 0.394 e. The van der Waals surface area contributed by atoms with Crippen molar-refractivity contribution in [1.29, 1.82) is 0 Å². The summed E-state index contributed by atoms with van der Waals surface area (Å²) in [7, 11) is 0. The van der Waals surface area contributed by atoms with Crippen LogP contribution in [0.2, 0.25) is 0 Å². The molecule has 3 nitrogen and oxygen atoms in total. The molecule has 0 radical (unpaired) electrons. The van der Waals surface area contributed by atoms with E-state index in [1.165, 1.54) is 17.4 Å². The van der Waals surface area contributed by atoms with Gasteiger partial charge in [-0.05, 0) is 24.6 Å². The van der Waals surface area contributed by atoms with Gasteiger partial charge < -0.3 is 10.4 Å². The third-order valence-electron chi connectivity index (χ3n) is 2.78. The molecule has 5 heteroatoms. The molecule has 0 aliphatic carbocycles. The van der Waals surface area contributed by atoms with Crippen LogP contribution in [-0.2, 0) is 0 Å². The number of aliphatic hydroxyl groups is 1. The summed E-state index contributed by atoms with van der Waals surface area (Å²) in [5.74, 6) is -0.589. The first-order chi connectivity index (χ1) is 8.65. The number of hydrogen-bond donors (Lipinski definition) is 2. The van der Waals surface area contributed by atoms with E-state index in [0.717, 1.165) is 4.70 Å². The van der Waals surface area contributed by atoms with Crippen molar-refractivity contribution in [3.63, 3.8) is 0 Å². The van der Waals surface area contributed by atoms with Gasteiger partial charge in [0.25, 0.3) is 5.91 Å². The van der Waals surface area contributed by atoms with Gasteiger partial charge in [0.05, 0.1) is 17.5 Å². The molecule has 1 aromatic carbocycles. The minimum absolute atomic E-state index is 0.0957. The van der Waals surface area contributed by atoms with Gasteiger partial charge in [-0.3, -0.25) is 4.79 Å². The number of carbonyl (C=O) groups excluding carboxylic acids is 1. The maximum absolute atomic E-state index is 13.5. The molecule has 1 atom stereocenters. The van der Waals surface area contributed by atoms with Crippen LogP contribution >= 0.6 is 11.3 Å². The molecular weight excluding hydrogens is 253 g/mol. The summed E-state index contributed by atoms with van der Waals surface area (Å²) in [5.41, 5.74) is 0. The smallest absolute Gasteiger partial charge is 0.261 e. The van der Waals surface area contributed by atoms with Gasteiger partial charge in [-0.25, -0.2) is 4.39 Å². The first-order valence-corrected chi connectivity index (χ1v) is 6.57. The number of thiophene rings is 1. The molecule has 0 fully saturated rings. The minimum Gasteiger partial charge on any atom is -0.394 e. The molecular formula is C13H14FNO2S. The van der Waals surface area contributed by atoms with Gasteiger partial charge in [0.15, 0.2) is 0 Å². The van der Waals surface area contributed by atoms with Crippen LogP contribution in [0.1, 0.15) is 23.0 Å². The fraction of sp³-hybridized carbons (Fsp3) is 0.308. The summed E-state index contributed by atoms with van der Waals surface area (Å²) in [4.78, 5) is 12.4. The zero-order chi connectivity index (χ0) is 13.1. The second-order valence-electron chi connectivity index (χ2n) is 4.02. The first kappa shape index (κ1) is 13.0. The monoisotopic (exact) mass is 267 g/mol. The van der Waals surface area contributed by atoms with Crippen LogP contribution in [0.25, 0.3) is 10.1 Å². The van der Waals surface area contributed by atoms with E-state index < -0.39 is 0 Å². The Labute approximate surface area is 108 Å². The molecule has 1 aromatic heterocycles. The Bertz CT molecular complexity index is 563. The molecule has 0 aliphatic heterocycles. The molecule has 0 saturated carbocycles. The number of rotatable bonds is 4. The summed E-state index contributed by atoms with van der Waals surface area (Å²) in [6, 6.07) is 6.07. The SMILES string of the molecule is CCC(CO)NC(=O)c1cc2c(F)cccc2s1. The van der Waals surface area contributed by atoms with Crippen LogP contribution in [0.15, 0.2) is 24.3 Å². The lowest BCUT2D eigenvalue weighted by atomic mass is 10.2. The molecule has 0 aliphatic rings. The van der Waals surface area contributed by atoms with Crippen molar-refractivity contribution in [3.05, 3.63) is 35.0 Å². The Balaban J connectivity index is 2.26. The molecule has 1 amide bonds. The lowest BCUT2D eigenvalue weighted by Crippen LogP contribution is -2.36. The maximum atomic E-state index is 13.5. The summed E-state index contributed by atoms with van der Waals surface area (Å²) in [6.45, 7) is 1.78. The zero-order valence-electron chi connectivity index (χ0n) is 9.94. The van der Waals surface area contributed by atoms with E-state index in [4.69, 9.17) is 5.11 Å². The number of fused-ring (bicyclic) bond motifs is 1. The maximum Gasteiger partial charge on any atom is 0.261 e. The van der Waals surface area contributed by atoms with Crippen LogP contribution in [0, 0.1) is 5.82 Å². The molecule has 18 heavy (non-hydrogen) atoms. The number of hydrogen-bond acceptors (Lipinski definition) is 3. The van der Waals surface area contributed by atoms with Gasteiger partial charge in [-0.1, -0.05) is 13.0 Å². The molecule has 1 heterocycles. The van der Waals surface area contributed by atoms with Crippen molar-refractivity contribution in [3.8, 4) is 0 Å². The quantitative estimate of drug-likeness (QED) is 0.894. The van der Waals surface area contributed by atoms with Crippen LogP contribution < -0.4 is 5.32 Å². The van der Waals surface area contributed by atoms with Crippen molar-refractivity contribution < 1.29 is 14.3 Å². The van der Waals surface area contributed by atoms with Gasteiger partial charge in [0.2, 0.25) is 0 Å². The van der Waals surface area contributed by atoms with Crippen molar-refractivity contribution in [2.75, 3.05) is 6.61 Å². The lowest BCUT2D eigenvalue weighted by molar-refractivity contribution is 0.0919. The highest BCUT2D eigenvalue weighted by Gasteiger charge is 2.15. The van der Waals surface area contributed by atoms with Crippen molar-refractivity contribution >= 4 is 27.3 Å². The average Bonchev–Trinajstić information content (AvgIpc) is 2.81. The molecule has 2 aromatic rings. The summed E-state index contributed by atoms with van der Waals surface area (Å²) in [5, 5.41) is 12.2. The predicted molar refractivity (Wildman–Crippen MR) is 70.4 cm³/mol. The van der Waals surface area contributed by atoms with E-state index in [1.807, 2.05) is 6.92 Å². The van der Waals surface area contributed by atoms with E-state index in [0.29, 0.717) is 16.7 Å². The Kier molecular flexibility index (Phi) is 3.93. The number of halogens is 1. The Morgan fingerprint density at radius 2 is 2.33 bits per heavy atom. The average molecular weight is 267 g/mol. The molecule has 2 N–H and O–H groups in total. The highest BCUT2D eigenvalue weighted by Crippen LogP contribution is 2.27. The van der Waals surface area contributed by atoms with Crippen LogP contribution in [0.5, 0.6) is 0 Å². The molecule has 0 bridgehead atoms. The second-order valence-corrected chi connectivity index (χ2v) is 5.11. The number of nitrogens with one attached hydrogen (secondary N) is 1. The van der Waals surface area contributed by atoms with E-state index >= 15 is 0 Å². The fourth-order valence-electron chi connectivity index (χ4n) is 1.67. The Morgan fingerprint density at radius 1 is 1.56 bits per heavy atom. The molecule has 96 valence electrons. The number of amides is 1. The molecule has 2 rings (SSSR count). The fourth-order valence-corrected chi connectivity index (χ4v) is 2.65. The van der Waals surface area contributed by atoms with Gasteiger partial charge in [0.1, 0.15) is 5.82 Å². The van der Waals surface area contributed by atoms with Crippen molar-refractivity contribution in [2.45, 2.75) is 19.4 Å². The lowest BCUT2D eigenvalue weighted by Gasteiger charge is -2.12. The number of carbonyl (C=O) groups is 1. The van der Waals surface area contributed by atoms with E-state index in [2.05, 4.69) is 5.32 Å². The Morgan fingerprint density at radius 3 is 2.94 bits per heavy atom. The molecule has 0 saturated heterocycles. The predicted octanol–water partition coefficient (Wildman–Crippen LogP) is 2.54. The molecule has 0 spiro atoms. The highest BCUT2D eigenvalue weighted by molar-refractivity contribution is 7.20. The summed E-state index contributed by atoms with van der Waals surface area (Å²) >= 11 is 1.25. The van der Waals surface area contributed by atoms with Crippen LogP contribution in [-0.4, -0.2) is 23.7 Å². The Hall–Kier alpha value is -1.46. The van der Waals surface area contributed by atoms with Crippen LogP contribution in [0.4, 0.5) is 4.39 Å². The van der Waals surface area contributed by atoms with Gasteiger partial charge >= 0.3 is 0 Å². The minimum atomic E-state index is -0.322. The number of aliphatic hydroxyl groups excluding tert-OH is 1. The third-order valence-corrected chi connectivity index (χ3v) is 3.88. The van der Waals surface area contributed by atoms with Crippen molar-refractivity contribution in [1.82, 2.24) is 5.32 Å².